The van der Waals surface area contributed by atoms with Gasteiger partial charge in [0.25, 0.3) is 0 Å². The highest BCUT2D eigenvalue weighted by atomic mass is 16.5. The average molecular weight is 344 g/mol. The molecular formula is C17H20N4O4. The van der Waals surface area contributed by atoms with E-state index in [1.54, 1.807) is 16.7 Å². The van der Waals surface area contributed by atoms with Crippen LogP contribution in [0.4, 0.5) is 4.79 Å². The summed E-state index contributed by atoms with van der Waals surface area (Å²) in [6, 6.07) is 9.17. The number of benzene rings is 1. The van der Waals surface area contributed by atoms with E-state index in [0.29, 0.717) is 31.7 Å². The molecule has 2 N–H and O–H groups in total. The zero-order valence-electron chi connectivity index (χ0n) is 13.9. The minimum atomic E-state index is -1.09. The van der Waals surface area contributed by atoms with Gasteiger partial charge in [0.1, 0.15) is 0 Å². The summed E-state index contributed by atoms with van der Waals surface area (Å²) in [7, 11) is 1.57. The van der Waals surface area contributed by atoms with Crippen molar-refractivity contribution >= 4 is 12.0 Å². The first kappa shape index (κ1) is 17.0. The minimum Gasteiger partial charge on any atom is -0.476 e. The van der Waals surface area contributed by atoms with Gasteiger partial charge in [0.05, 0.1) is 24.5 Å². The van der Waals surface area contributed by atoms with E-state index in [2.05, 4.69) is 10.4 Å². The summed E-state index contributed by atoms with van der Waals surface area (Å²) in [6.45, 7) is 1.57. The van der Waals surface area contributed by atoms with Crippen molar-refractivity contribution in [2.75, 3.05) is 26.8 Å². The van der Waals surface area contributed by atoms with Crippen LogP contribution in [0.15, 0.2) is 30.3 Å². The molecule has 0 unspecified atom stereocenters. The lowest BCUT2D eigenvalue weighted by atomic mass is 10.1. The van der Waals surface area contributed by atoms with E-state index in [-0.39, 0.29) is 18.3 Å². The first-order valence-corrected chi connectivity index (χ1v) is 8.03. The van der Waals surface area contributed by atoms with Gasteiger partial charge >= 0.3 is 12.0 Å². The molecule has 2 aromatic rings. The second-order valence-electron chi connectivity index (χ2n) is 5.72. The fourth-order valence-electron chi connectivity index (χ4n) is 2.92. The number of nitrogens with one attached hydrogen (secondary N) is 1. The number of hydrogen-bond acceptors (Lipinski definition) is 4. The van der Waals surface area contributed by atoms with E-state index in [1.165, 1.54) is 0 Å². The number of para-hydroxylation sites is 1. The van der Waals surface area contributed by atoms with Crippen LogP contribution in [-0.2, 0) is 17.7 Å². The zero-order chi connectivity index (χ0) is 17.8. The Bertz CT molecular complexity index is 772. The topological polar surface area (TPSA) is 96.7 Å². The highest BCUT2D eigenvalue weighted by Crippen LogP contribution is 2.25. The number of aromatic nitrogens is 2. The fraction of sp³-hybridized carbons (Fsp3) is 0.353. The maximum atomic E-state index is 12.2. The quantitative estimate of drug-likeness (QED) is 0.797. The Kier molecular flexibility index (Phi) is 4.99. The number of amides is 2. The third-order valence-corrected chi connectivity index (χ3v) is 4.13. The molecule has 132 valence electrons. The Morgan fingerprint density at radius 1 is 1.32 bits per heavy atom. The normalized spacial score (nSPS) is 13.4. The predicted molar refractivity (Wildman–Crippen MR) is 89.9 cm³/mol. The van der Waals surface area contributed by atoms with Gasteiger partial charge in [-0.15, -0.1) is 0 Å². The summed E-state index contributed by atoms with van der Waals surface area (Å²) in [5, 5.41) is 16.5. The Morgan fingerprint density at radius 3 is 2.76 bits per heavy atom. The van der Waals surface area contributed by atoms with Gasteiger partial charge in [-0.25, -0.2) is 14.3 Å². The fourth-order valence-corrected chi connectivity index (χ4v) is 2.92. The summed E-state index contributed by atoms with van der Waals surface area (Å²) < 4.78 is 6.58. The molecule has 0 atom stereocenters. The van der Waals surface area contributed by atoms with E-state index in [9.17, 15) is 14.7 Å². The van der Waals surface area contributed by atoms with Crippen molar-refractivity contribution in [3.63, 3.8) is 0 Å². The van der Waals surface area contributed by atoms with Crippen LogP contribution in [0.2, 0.25) is 0 Å². The lowest BCUT2D eigenvalue weighted by molar-refractivity contribution is 0.0687. The molecule has 2 amide bonds. The van der Waals surface area contributed by atoms with Gasteiger partial charge in [-0.05, 0) is 12.1 Å². The smallest absolute Gasteiger partial charge is 0.356 e. The molecule has 2 heterocycles. The summed E-state index contributed by atoms with van der Waals surface area (Å²) in [6.07, 6.45) is 0.544. The Hall–Kier alpha value is -2.87. The Morgan fingerprint density at radius 2 is 2.08 bits per heavy atom. The number of methoxy groups -OCH3 is 1. The van der Waals surface area contributed by atoms with Crippen LogP contribution in [0.5, 0.6) is 0 Å². The summed E-state index contributed by atoms with van der Waals surface area (Å²) in [4.78, 5) is 25.4. The molecule has 25 heavy (non-hydrogen) atoms. The van der Waals surface area contributed by atoms with Crippen LogP contribution in [0.25, 0.3) is 5.69 Å². The van der Waals surface area contributed by atoms with Crippen molar-refractivity contribution in [2.24, 2.45) is 0 Å². The number of fused-ring (bicyclic) bond motifs is 1. The molecule has 0 bridgehead atoms. The maximum absolute atomic E-state index is 12.2. The first-order valence-electron chi connectivity index (χ1n) is 8.03. The summed E-state index contributed by atoms with van der Waals surface area (Å²) in [5.41, 5.74) is 2.23. The van der Waals surface area contributed by atoms with Crippen molar-refractivity contribution < 1.29 is 19.4 Å². The average Bonchev–Trinajstić information content (AvgIpc) is 3.01. The van der Waals surface area contributed by atoms with Crippen LogP contribution in [-0.4, -0.2) is 58.6 Å². The van der Waals surface area contributed by atoms with E-state index in [0.717, 1.165) is 11.4 Å². The summed E-state index contributed by atoms with van der Waals surface area (Å²) >= 11 is 0. The van der Waals surface area contributed by atoms with Crippen molar-refractivity contribution in [1.82, 2.24) is 20.0 Å². The SMILES string of the molecule is COCCNC(=O)N1CCc2c(c(C(=O)O)nn2-c2ccccc2)C1. The van der Waals surface area contributed by atoms with Crippen LogP contribution < -0.4 is 5.32 Å². The standard InChI is InChI=1S/C17H20N4O4/c1-25-10-8-18-17(24)20-9-7-14-13(11-20)15(16(22)23)19-21(14)12-5-3-2-4-6-12/h2-6H,7-11H2,1H3,(H,18,24)(H,22,23). The molecule has 8 heteroatoms. The minimum absolute atomic E-state index is 0.00626. The molecule has 0 fully saturated rings. The summed E-state index contributed by atoms with van der Waals surface area (Å²) in [5.74, 6) is -1.09. The maximum Gasteiger partial charge on any atom is 0.356 e. The zero-order valence-corrected chi connectivity index (χ0v) is 13.9. The van der Waals surface area contributed by atoms with E-state index in [1.807, 2.05) is 30.3 Å². The molecule has 0 radical (unpaired) electrons. The number of ether oxygens (including phenoxy) is 1. The monoisotopic (exact) mass is 344 g/mol. The number of nitrogens with zero attached hydrogens (tertiary/aromatic N) is 3. The predicted octanol–water partition coefficient (Wildman–Crippen LogP) is 1.28. The Labute approximate surface area is 145 Å². The second kappa shape index (κ2) is 7.35. The molecule has 0 saturated heterocycles. The highest BCUT2D eigenvalue weighted by Gasteiger charge is 2.30. The first-order chi connectivity index (χ1) is 12.1. The lowest BCUT2D eigenvalue weighted by Gasteiger charge is -2.27. The van der Waals surface area contributed by atoms with Crippen molar-refractivity contribution in [3.8, 4) is 5.69 Å². The molecule has 3 rings (SSSR count). The van der Waals surface area contributed by atoms with Gasteiger partial charge in [-0.1, -0.05) is 18.2 Å². The number of carboxylic acids is 1. The van der Waals surface area contributed by atoms with Gasteiger partial charge in [-0.2, -0.15) is 5.10 Å². The van der Waals surface area contributed by atoms with E-state index < -0.39 is 5.97 Å². The molecule has 0 saturated carbocycles. The number of carboxylic acid groups (broad SMARTS) is 1. The molecule has 0 spiro atoms. The van der Waals surface area contributed by atoms with Crippen molar-refractivity contribution in [3.05, 3.63) is 47.3 Å². The molecule has 8 nitrogen and oxygen atoms in total. The highest BCUT2D eigenvalue weighted by molar-refractivity contribution is 5.88. The molecule has 1 aliphatic heterocycles. The van der Waals surface area contributed by atoms with Crippen LogP contribution in [0, 0.1) is 0 Å². The number of urea groups is 1. The molecule has 1 aromatic heterocycles. The molecular weight excluding hydrogens is 324 g/mol. The lowest BCUT2D eigenvalue weighted by Crippen LogP contribution is -2.44. The Balaban J connectivity index is 1.87. The van der Waals surface area contributed by atoms with E-state index in [4.69, 9.17) is 4.74 Å². The third-order valence-electron chi connectivity index (χ3n) is 4.13. The number of aromatic carboxylic acids is 1. The van der Waals surface area contributed by atoms with E-state index >= 15 is 0 Å². The van der Waals surface area contributed by atoms with Crippen molar-refractivity contribution in [2.45, 2.75) is 13.0 Å². The van der Waals surface area contributed by atoms with Gasteiger partial charge in [0.15, 0.2) is 5.69 Å². The van der Waals surface area contributed by atoms with Gasteiger partial charge in [0.2, 0.25) is 0 Å². The van der Waals surface area contributed by atoms with Gasteiger partial charge in [0, 0.05) is 32.2 Å². The molecule has 1 aliphatic rings. The van der Waals surface area contributed by atoms with Crippen LogP contribution >= 0.6 is 0 Å². The van der Waals surface area contributed by atoms with Crippen LogP contribution in [0.1, 0.15) is 21.7 Å². The molecule has 0 aliphatic carbocycles. The largest absolute Gasteiger partial charge is 0.476 e. The second-order valence-corrected chi connectivity index (χ2v) is 5.72. The molecule has 1 aromatic carbocycles. The third kappa shape index (κ3) is 3.48. The van der Waals surface area contributed by atoms with Crippen molar-refractivity contribution in [1.29, 1.82) is 0 Å². The number of carbonyl (C=O) groups is 2. The van der Waals surface area contributed by atoms with Gasteiger partial charge < -0.3 is 20.1 Å². The number of hydrogen-bond donors (Lipinski definition) is 2. The van der Waals surface area contributed by atoms with Crippen LogP contribution in [0.3, 0.4) is 0 Å². The number of carbonyl (C=O) groups excluding carboxylic acids is 1. The van der Waals surface area contributed by atoms with Gasteiger partial charge in [-0.3, -0.25) is 0 Å². The number of rotatable bonds is 5.